The number of rotatable bonds is 3. The van der Waals surface area contributed by atoms with Crippen LogP contribution in [0, 0.1) is 6.92 Å². The summed E-state index contributed by atoms with van der Waals surface area (Å²) in [6, 6.07) is 12.7. The van der Waals surface area contributed by atoms with Gasteiger partial charge in [-0.25, -0.2) is 4.79 Å². The van der Waals surface area contributed by atoms with Crippen LogP contribution in [0.2, 0.25) is 5.02 Å². The first-order chi connectivity index (χ1) is 12.1. The Balaban J connectivity index is 1.94. The van der Waals surface area contributed by atoms with Crippen LogP contribution in [0.5, 0.6) is 5.75 Å². The molecule has 1 aliphatic heterocycles. The molecule has 0 saturated heterocycles. The van der Waals surface area contributed by atoms with Crippen molar-refractivity contribution in [3.8, 4) is 5.75 Å². The summed E-state index contributed by atoms with van der Waals surface area (Å²) in [5.41, 5.74) is 2.44. The number of amides is 2. The Kier molecular flexibility index (Phi) is 5.24. The Bertz CT molecular complexity index is 820. The molecule has 0 spiro atoms. The Labute approximate surface area is 152 Å². The van der Waals surface area contributed by atoms with Gasteiger partial charge in [0, 0.05) is 18.7 Å². The fourth-order valence-corrected chi connectivity index (χ4v) is 3.02. The molecule has 2 aromatic carbocycles. The van der Waals surface area contributed by atoms with Crippen LogP contribution in [0.1, 0.15) is 18.4 Å². The van der Waals surface area contributed by atoms with Gasteiger partial charge in [0.25, 0.3) is 0 Å². The Hall–Kier alpha value is -2.53. The first-order valence-corrected chi connectivity index (χ1v) is 8.51. The molecule has 0 aliphatic carbocycles. The summed E-state index contributed by atoms with van der Waals surface area (Å²) in [6.07, 6.45) is 1.69. The van der Waals surface area contributed by atoms with E-state index in [1.807, 2.05) is 37.3 Å². The molecule has 6 heteroatoms. The first kappa shape index (κ1) is 17.3. The number of anilines is 2. The highest BCUT2D eigenvalue weighted by molar-refractivity contribution is 6.32. The summed E-state index contributed by atoms with van der Waals surface area (Å²) in [5.74, 6) is 1.31. The fraction of sp³-hybridized carbons (Fsp3) is 0.263. The van der Waals surface area contributed by atoms with E-state index in [2.05, 4.69) is 10.3 Å². The fourth-order valence-electron chi connectivity index (χ4n) is 2.77. The minimum atomic E-state index is -0.254. The van der Waals surface area contributed by atoms with Gasteiger partial charge in [0.05, 0.1) is 17.8 Å². The molecule has 0 saturated carbocycles. The van der Waals surface area contributed by atoms with Crippen molar-refractivity contribution in [1.29, 1.82) is 0 Å². The number of benzene rings is 2. The van der Waals surface area contributed by atoms with Gasteiger partial charge in [-0.1, -0.05) is 29.8 Å². The van der Waals surface area contributed by atoms with Crippen LogP contribution in [0.4, 0.5) is 16.2 Å². The third-order valence-electron chi connectivity index (χ3n) is 4.09. The van der Waals surface area contributed by atoms with Crippen LogP contribution in [0.3, 0.4) is 0 Å². The zero-order valence-electron chi connectivity index (χ0n) is 14.3. The summed E-state index contributed by atoms with van der Waals surface area (Å²) in [6.45, 7) is 2.69. The molecule has 0 aromatic heterocycles. The van der Waals surface area contributed by atoms with Crippen molar-refractivity contribution >= 4 is 34.8 Å². The number of halogens is 1. The van der Waals surface area contributed by atoms with Crippen molar-refractivity contribution < 1.29 is 9.53 Å². The summed E-state index contributed by atoms with van der Waals surface area (Å²) < 4.78 is 5.20. The molecule has 0 atom stereocenters. The third kappa shape index (κ3) is 3.77. The maximum Gasteiger partial charge on any atom is 0.331 e. The van der Waals surface area contributed by atoms with E-state index < -0.39 is 0 Å². The molecule has 25 heavy (non-hydrogen) atoms. The monoisotopic (exact) mass is 357 g/mol. The van der Waals surface area contributed by atoms with E-state index in [1.54, 1.807) is 24.1 Å². The lowest BCUT2D eigenvalue weighted by atomic mass is 10.2. The van der Waals surface area contributed by atoms with Crippen molar-refractivity contribution in [3.63, 3.8) is 0 Å². The van der Waals surface area contributed by atoms with Gasteiger partial charge in [0.1, 0.15) is 11.6 Å². The number of nitrogens with one attached hydrogen (secondary N) is 1. The molecule has 2 aromatic rings. The Morgan fingerprint density at radius 1 is 1.28 bits per heavy atom. The number of amidine groups is 1. The van der Waals surface area contributed by atoms with Crippen molar-refractivity contribution in [3.05, 3.63) is 53.1 Å². The number of methoxy groups -OCH3 is 1. The van der Waals surface area contributed by atoms with E-state index in [4.69, 9.17) is 16.3 Å². The highest BCUT2D eigenvalue weighted by Gasteiger charge is 2.24. The molecule has 130 valence electrons. The van der Waals surface area contributed by atoms with Crippen LogP contribution in [-0.2, 0) is 0 Å². The lowest BCUT2D eigenvalue weighted by Gasteiger charge is -2.24. The maximum absolute atomic E-state index is 13.0. The summed E-state index contributed by atoms with van der Waals surface area (Å²) in [4.78, 5) is 19.0. The molecule has 1 aliphatic rings. The van der Waals surface area contributed by atoms with Crippen molar-refractivity contribution in [1.82, 2.24) is 0 Å². The second-order valence-electron chi connectivity index (χ2n) is 5.80. The number of carbonyl (C=O) groups excluding carboxylic acids is 1. The van der Waals surface area contributed by atoms with Crippen LogP contribution < -0.4 is 15.0 Å². The smallest absolute Gasteiger partial charge is 0.331 e. The summed E-state index contributed by atoms with van der Waals surface area (Å²) in [7, 11) is 1.56. The molecular weight excluding hydrogens is 338 g/mol. The second kappa shape index (κ2) is 7.57. The highest BCUT2D eigenvalue weighted by atomic mass is 35.5. The van der Waals surface area contributed by atoms with Gasteiger partial charge < -0.3 is 10.1 Å². The van der Waals surface area contributed by atoms with Gasteiger partial charge in [-0.3, -0.25) is 9.89 Å². The molecule has 1 N–H and O–H groups in total. The van der Waals surface area contributed by atoms with Gasteiger partial charge in [0.15, 0.2) is 0 Å². The molecule has 0 bridgehead atoms. The molecule has 5 nitrogen and oxygen atoms in total. The number of hydrogen-bond acceptors (Lipinski definition) is 3. The minimum Gasteiger partial charge on any atom is -0.495 e. The van der Waals surface area contributed by atoms with E-state index in [9.17, 15) is 4.79 Å². The average Bonchev–Trinajstić information content (AvgIpc) is 3.11. The number of urea groups is 1. The molecule has 2 amide bonds. The standard InChI is InChI=1S/C19H20ClN3O2/c1-13-6-3-4-7-16(13)22-19(24)23(18-8-5-11-21-18)14-9-10-17(25-2)15(20)12-14/h3-4,6-7,9-10,12H,5,8,11H2,1-2H3,(H,22,24). The van der Waals surface area contributed by atoms with Crippen molar-refractivity contribution in [2.45, 2.75) is 19.8 Å². The van der Waals surface area contributed by atoms with Crippen LogP contribution in [0.25, 0.3) is 0 Å². The van der Waals surface area contributed by atoms with Gasteiger partial charge >= 0.3 is 6.03 Å². The van der Waals surface area contributed by atoms with E-state index in [-0.39, 0.29) is 6.03 Å². The maximum atomic E-state index is 13.0. The van der Waals surface area contributed by atoms with Crippen LogP contribution >= 0.6 is 11.6 Å². The predicted molar refractivity (Wildman–Crippen MR) is 102 cm³/mol. The molecular formula is C19H20ClN3O2. The van der Waals surface area contributed by atoms with Gasteiger partial charge in [-0.15, -0.1) is 0 Å². The van der Waals surface area contributed by atoms with Gasteiger partial charge in [-0.2, -0.15) is 0 Å². The number of aryl methyl sites for hydroxylation is 1. The quantitative estimate of drug-likeness (QED) is 0.850. The lowest BCUT2D eigenvalue weighted by molar-refractivity contribution is 0.259. The Morgan fingerprint density at radius 3 is 2.72 bits per heavy atom. The normalized spacial score (nSPS) is 13.3. The van der Waals surface area contributed by atoms with E-state index in [0.29, 0.717) is 16.5 Å². The topological polar surface area (TPSA) is 53.9 Å². The number of ether oxygens (including phenoxy) is 1. The number of nitrogens with zero attached hydrogens (tertiary/aromatic N) is 2. The molecule has 0 radical (unpaired) electrons. The summed E-state index contributed by atoms with van der Waals surface area (Å²) in [5, 5.41) is 3.42. The lowest BCUT2D eigenvalue weighted by Crippen LogP contribution is -2.39. The molecule has 1 heterocycles. The van der Waals surface area contributed by atoms with Crippen LogP contribution in [0.15, 0.2) is 47.5 Å². The minimum absolute atomic E-state index is 0.254. The number of para-hydroxylation sites is 1. The van der Waals surface area contributed by atoms with E-state index >= 15 is 0 Å². The second-order valence-corrected chi connectivity index (χ2v) is 6.21. The first-order valence-electron chi connectivity index (χ1n) is 8.14. The van der Waals surface area contributed by atoms with Gasteiger partial charge in [0.2, 0.25) is 0 Å². The van der Waals surface area contributed by atoms with E-state index in [1.165, 1.54) is 0 Å². The van der Waals surface area contributed by atoms with Gasteiger partial charge in [-0.05, 0) is 43.2 Å². The zero-order valence-corrected chi connectivity index (χ0v) is 15.0. The third-order valence-corrected chi connectivity index (χ3v) is 4.39. The number of carbonyl (C=O) groups is 1. The largest absolute Gasteiger partial charge is 0.495 e. The zero-order chi connectivity index (χ0) is 17.8. The molecule has 3 rings (SSSR count). The van der Waals surface area contributed by atoms with Crippen molar-refractivity contribution in [2.75, 3.05) is 23.9 Å². The highest BCUT2D eigenvalue weighted by Crippen LogP contribution is 2.31. The van der Waals surface area contributed by atoms with Crippen LogP contribution in [-0.4, -0.2) is 25.5 Å². The molecule has 0 unspecified atom stereocenters. The average molecular weight is 358 g/mol. The Morgan fingerprint density at radius 2 is 2.08 bits per heavy atom. The summed E-state index contributed by atoms with van der Waals surface area (Å²) >= 11 is 6.25. The van der Waals surface area contributed by atoms with Crippen molar-refractivity contribution in [2.24, 2.45) is 4.99 Å². The SMILES string of the molecule is COc1ccc(N(C(=O)Nc2ccccc2C)C2=NCCC2)cc1Cl. The molecule has 0 fully saturated rings. The number of hydrogen-bond donors (Lipinski definition) is 1. The predicted octanol–water partition coefficient (Wildman–Crippen LogP) is 4.89. The van der Waals surface area contributed by atoms with E-state index in [0.717, 1.165) is 36.5 Å². The number of aliphatic imine (C=N–C) groups is 1.